The molecule has 0 aromatic carbocycles. The number of rotatable bonds is 1. The van der Waals surface area contributed by atoms with Crippen LogP contribution in [0.3, 0.4) is 0 Å². The third-order valence-electron chi connectivity index (χ3n) is 2.45. The highest BCUT2D eigenvalue weighted by atomic mass is 16.4. The van der Waals surface area contributed by atoms with Gasteiger partial charge in [-0.05, 0) is 17.4 Å². The molecule has 0 aliphatic heterocycles. The van der Waals surface area contributed by atoms with E-state index in [1.54, 1.807) is 6.08 Å². The van der Waals surface area contributed by atoms with Gasteiger partial charge in [-0.25, -0.2) is 0 Å². The summed E-state index contributed by atoms with van der Waals surface area (Å²) in [5.74, 6) is -1.09. The SMILES string of the molecule is C=C1C=CC(C(=O)O)CC1(C)C. The Labute approximate surface area is 72.6 Å². The number of carbonyl (C=O) groups is 1. The molecule has 1 unspecified atom stereocenters. The van der Waals surface area contributed by atoms with Crippen LogP contribution < -0.4 is 0 Å². The lowest BCUT2D eigenvalue weighted by molar-refractivity contribution is -0.140. The van der Waals surface area contributed by atoms with Crippen molar-refractivity contribution in [3.63, 3.8) is 0 Å². The molecule has 2 nitrogen and oxygen atoms in total. The van der Waals surface area contributed by atoms with Crippen molar-refractivity contribution in [3.05, 3.63) is 24.3 Å². The van der Waals surface area contributed by atoms with Crippen LogP contribution in [0.4, 0.5) is 0 Å². The molecule has 1 aliphatic rings. The second-order valence-electron chi connectivity index (χ2n) is 3.92. The first-order valence-corrected chi connectivity index (χ1v) is 4.04. The molecular weight excluding hydrogens is 152 g/mol. The summed E-state index contributed by atoms with van der Waals surface area (Å²) in [6.45, 7) is 7.93. The maximum Gasteiger partial charge on any atom is 0.310 e. The van der Waals surface area contributed by atoms with Gasteiger partial charge in [-0.3, -0.25) is 4.79 Å². The topological polar surface area (TPSA) is 37.3 Å². The molecule has 0 bridgehead atoms. The van der Waals surface area contributed by atoms with Crippen LogP contribution in [0.1, 0.15) is 20.3 Å². The predicted molar refractivity (Wildman–Crippen MR) is 47.8 cm³/mol. The van der Waals surface area contributed by atoms with Gasteiger partial charge in [0, 0.05) is 0 Å². The van der Waals surface area contributed by atoms with Gasteiger partial charge in [0.1, 0.15) is 0 Å². The number of hydrogen-bond acceptors (Lipinski definition) is 1. The van der Waals surface area contributed by atoms with E-state index in [0.29, 0.717) is 6.42 Å². The predicted octanol–water partition coefficient (Wildman–Crippen LogP) is 2.23. The highest BCUT2D eigenvalue weighted by Gasteiger charge is 2.30. The van der Waals surface area contributed by atoms with Crippen molar-refractivity contribution < 1.29 is 9.90 Å². The first-order valence-electron chi connectivity index (χ1n) is 4.04. The Balaban J connectivity index is 2.86. The van der Waals surface area contributed by atoms with E-state index in [1.165, 1.54) is 0 Å². The minimum absolute atomic E-state index is 0.0716. The molecule has 0 radical (unpaired) electrons. The normalized spacial score (nSPS) is 27.2. The molecule has 66 valence electrons. The monoisotopic (exact) mass is 166 g/mol. The fraction of sp³-hybridized carbons (Fsp3) is 0.500. The summed E-state index contributed by atoms with van der Waals surface area (Å²) in [5, 5.41) is 8.78. The quantitative estimate of drug-likeness (QED) is 0.648. The summed E-state index contributed by atoms with van der Waals surface area (Å²) in [4.78, 5) is 10.7. The number of carboxylic acid groups (broad SMARTS) is 1. The van der Waals surface area contributed by atoms with Gasteiger partial charge in [0.2, 0.25) is 0 Å². The molecule has 0 amide bonds. The lowest BCUT2D eigenvalue weighted by Crippen LogP contribution is -2.25. The lowest BCUT2D eigenvalue weighted by atomic mass is 9.73. The molecule has 0 aromatic heterocycles. The van der Waals surface area contributed by atoms with Crippen LogP contribution >= 0.6 is 0 Å². The molecule has 0 spiro atoms. The van der Waals surface area contributed by atoms with Crippen LogP contribution in [0, 0.1) is 11.3 Å². The Hall–Kier alpha value is -1.05. The van der Waals surface area contributed by atoms with Crippen LogP contribution in [0.25, 0.3) is 0 Å². The second kappa shape index (κ2) is 2.77. The minimum atomic E-state index is -0.744. The second-order valence-corrected chi connectivity index (χ2v) is 3.92. The van der Waals surface area contributed by atoms with Crippen LogP contribution in [0.15, 0.2) is 24.3 Å². The molecule has 2 heteroatoms. The number of aliphatic carboxylic acids is 1. The summed E-state index contributed by atoms with van der Waals surface area (Å²) in [7, 11) is 0. The molecule has 0 heterocycles. The van der Waals surface area contributed by atoms with Crippen molar-refractivity contribution >= 4 is 5.97 Å². The van der Waals surface area contributed by atoms with Crippen molar-refractivity contribution in [3.8, 4) is 0 Å². The van der Waals surface area contributed by atoms with E-state index in [2.05, 4.69) is 6.58 Å². The molecule has 0 fully saturated rings. The maximum atomic E-state index is 10.7. The maximum absolute atomic E-state index is 10.7. The number of hydrogen-bond donors (Lipinski definition) is 1. The highest BCUT2D eigenvalue weighted by molar-refractivity contribution is 5.73. The van der Waals surface area contributed by atoms with Crippen molar-refractivity contribution in [2.75, 3.05) is 0 Å². The molecule has 1 rings (SSSR count). The van der Waals surface area contributed by atoms with Gasteiger partial charge in [0.05, 0.1) is 5.92 Å². The Kier molecular flexibility index (Phi) is 2.09. The van der Waals surface area contributed by atoms with E-state index in [4.69, 9.17) is 5.11 Å². The summed E-state index contributed by atoms with van der Waals surface area (Å²) >= 11 is 0. The van der Waals surface area contributed by atoms with Gasteiger partial charge >= 0.3 is 5.97 Å². The van der Waals surface area contributed by atoms with Crippen molar-refractivity contribution in [1.82, 2.24) is 0 Å². The third-order valence-corrected chi connectivity index (χ3v) is 2.45. The highest BCUT2D eigenvalue weighted by Crippen LogP contribution is 2.37. The average Bonchev–Trinajstić information content (AvgIpc) is 1.94. The molecule has 1 N–H and O–H groups in total. The van der Waals surface area contributed by atoms with E-state index in [-0.39, 0.29) is 11.3 Å². The summed E-state index contributed by atoms with van der Waals surface area (Å²) < 4.78 is 0. The first-order chi connectivity index (χ1) is 5.43. The van der Waals surface area contributed by atoms with Crippen molar-refractivity contribution in [2.24, 2.45) is 11.3 Å². The first kappa shape index (κ1) is 9.04. The Bertz CT molecular complexity index is 249. The Morgan fingerprint density at radius 3 is 2.75 bits per heavy atom. The zero-order valence-electron chi connectivity index (χ0n) is 7.50. The van der Waals surface area contributed by atoms with Gasteiger partial charge in [-0.2, -0.15) is 0 Å². The van der Waals surface area contributed by atoms with E-state index >= 15 is 0 Å². The minimum Gasteiger partial charge on any atom is -0.481 e. The fourth-order valence-corrected chi connectivity index (χ4v) is 1.38. The van der Waals surface area contributed by atoms with Crippen molar-refractivity contribution in [1.29, 1.82) is 0 Å². The molecule has 1 atom stereocenters. The van der Waals surface area contributed by atoms with Gasteiger partial charge < -0.3 is 5.11 Å². The lowest BCUT2D eigenvalue weighted by Gasteiger charge is -2.31. The fourth-order valence-electron chi connectivity index (χ4n) is 1.38. The molecule has 0 saturated heterocycles. The summed E-state index contributed by atoms with van der Waals surface area (Å²) in [6.07, 6.45) is 4.19. The Morgan fingerprint density at radius 1 is 1.75 bits per heavy atom. The largest absolute Gasteiger partial charge is 0.481 e. The van der Waals surface area contributed by atoms with Crippen LogP contribution in [-0.2, 0) is 4.79 Å². The van der Waals surface area contributed by atoms with Gasteiger partial charge in [0.25, 0.3) is 0 Å². The molecule has 0 aromatic rings. The van der Waals surface area contributed by atoms with E-state index in [9.17, 15) is 4.79 Å². The molecule has 1 aliphatic carbocycles. The van der Waals surface area contributed by atoms with Gasteiger partial charge in [-0.1, -0.05) is 32.6 Å². The molecular formula is C10H14O2. The number of allylic oxidation sites excluding steroid dienone is 2. The molecule has 12 heavy (non-hydrogen) atoms. The Morgan fingerprint density at radius 2 is 2.33 bits per heavy atom. The number of carboxylic acids is 1. The van der Waals surface area contributed by atoms with Gasteiger partial charge in [0.15, 0.2) is 0 Å². The van der Waals surface area contributed by atoms with E-state index in [1.807, 2.05) is 19.9 Å². The average molecular weight is 166 g/mol. The zero-order chi connectivity index (χ0) is 9.35. The van der Waals surface area contributed by atoms with E-state index in [0.717, 1.165) is 5.57 Å². The standard InChI is InChI=1S/C10H14O2/c1-7-4-5-8(9(11)12)6-10(7,2)3/h4-5,8H,1,6H2,2-3H3,(H,11,12). The van der Waals surface area contributed by atoms with E-state index < -0.39 is 5.97 Å². The molecule has 0 saturated carbocycles. The summed E-state index contributed by atoms with van der Waals surface area (Å²) in [6, 6.07) is 0. The van der Waals surface area contributed by atoms with Crippen molar-refractivity contribution in [2.45, 2.75) is 20.3 Å². The summed E-state index contributed by atoms with van der Waals surface area (Å²) in [5.41, 5.74) is 0.942. The van der Waals surface area contributed by atoms with Crippen LogP contribution in [0.2, 0.25) is 0 Å². The van der Waals surface area contributed by atoms with Crippen LogP contribution in [-0.4, -0.2) is 11.1 Å². The third kappa shape index (κ3) is 1.58. The van der Waals surface area contributed by atoms with Gasteiger partial charge in [-0.15, -0.1) is 0 Å². The smallest absolute Gasteiger partial charge is 0.310 e. The van der Waals surface area contributed by atoms with Crippen LogP contribution in [0.5, 0.6) is 0 Å². The zero-order valence-corrected chi connectivity index (χ0v) is 7.50.